The number of rotatable bonds is 5. The lowest BCUT2D eigenvalue weighted by Crippen LogP contribution is -2.19. The van der Waals surface area contributed by atoms with Gasteiger partial charge in [-0.05, 0) is 24.3 Å². The molecule has 0 saturated carbocycles. The zero-order chi connectivity index (χ0) is 23.6. The lowest BCUT2D eigenvalue weighted by molar-refractivity contribution is -0.138. The van der Waals surface area contributed by atoms with Gasteiger partial charge in [-0.2, -0.15) is 13.2 Å². The molecule has 0 saturated heterocycles. The van der Waals surface area contributed by atoms with E-state index in [4.69, 9.17) is 0 Å². The first-order valence-corrected chi connectivity index (χ1v) is 9.50. The molecule has 4 aromatic heterocycles. The molecule has 4 rings (SSSR count). The van der Waals surface area contributed by atoms with Crippen LogP contribution >= 0.6 is 0 Å². The van der Waals surface area contributed by atoms with E-state index in [0.29, 0.717) is 29.2 Å². The molecular weight excluding hydrogens is 442 g/mol. The van der Waals surface area contributed by atoms with Crippen molar-refractivity contribution in [1.82, 2.24) is 30.2 Å². The Morgan fingerprint density at radius 2 is 1.76 bits per heavy atom. The summed E-state index contributed by atoms with van der Waals surface area (Å²) in [7, 11) is 1.46. The van der Waals surface area contributed by atoms with Crippen molar-refractivity contribution in [3.05, 3.63) is 65.7 Å². The number of pyridine rings is 3. The Morgan fingerprint density at radius 3 is 2.42 bits per heavy atom. The van der Waals surface area contributed by atoms with Crippen LogP contribution in [-0.4, -0.2) is 37.9 Å². The molecule has 4 heterocycles. The van der Waals surface area contributed by atoms with E-state index in [-0.39, 0.29) is 28.5 Å². The Morgan fingerprint density at radius 1 is 1.00 bits per heavy atom. The molecule has 8 nitrogen and oxygen atoms in total. The smallest absolute Gasteiger partial charge is 0.354 e. The minimum Gasteiger partial charge on any atom is -0.354 e. The predicted molar refractivity (Wildman–Crippen MR) is 111 cm³/mol. The maximum absolute atomic E-state index is 13.5. The number of hydrogen-bond acceptors (Lipinski definition) is 7. The molecule has 0 unspecified atom stereocenters. The average molecular weight is 457 g/mol. The fraction of sp³-hybridized carbons (Fsp3) is 0.143. The molecular formula is C21H15F4N7O. The van der Waals surface area contributed by atoms with Gasteiger partial charge < -0.3 is 10.6 Å². The van der Waals surface area contributed by atoms with Crippen LogP contribution in [-0.2, 0) is 12.9 Å². The summed E-state index contributed by atoms with van der Waals surface area (Å²) >= 11 is 0. The third-order valence-electron chi connectivity index (χ3n) is 4.65. The first-order chi connectivity index (χ1) is 15.8. The van der Waals surface area contributed by atoms with E-state index >= 15 is 0 Å². The van der Waals surface area contributed by atoms with Crippen molar-refractivity contribution in [2.24, 2.45) is 0 Å². The Labute approximate surface area is 184 Å². The largest absolute Gasteiger partial charge is 0.419 e. The van der Waals surface area contributed by atoms with Crippen molar-refractivity contribution < 1.29 is 22.4 Å². The maximum atomic E-state index is 13.5. The minimum atomic E-state index is -4.54. The minimum absolute atomic E-state index is 0.0424. The van der Waals surface area contributed by atoms with Crippen LogP contribution in [0.25, 0.3) is 22.4 Å². The molecule has 4 aromatic rings. The number of aromatic nitrogens is 5. The van der Waals surface area contributed by atoms with Gasteiger partial charge in [0.2, 0.25) is 5.95 Å². The second-order valence-corrected chi connectivity index (χ2v) is 6.76. The van der Waals surface area contributed by atoms with Gasteiger partial charge in [-0.1, -0.05) is 6.07 Å². The van der Waals surface area contributed by atoms with Crippen LogP contribution in [0.5, 0.6) is 0 Å². The standard InChI is InChI=1S/C21H15F4N7O/c1-26-19(33)16-4-2-11(8-22)17(30-16)15-5-3-13-14(6-7-27-18(13)31-15)32-20-28-9-12(10-29-20)21(23,24)25/h2-7,9-10H,8H2,1H3,(H,26,33)(H,27,28,29,31,32). The Balaban J connectivity index is 1.70. The van der Waals surface area contributed by atoms with Crippen molar-refractivity contribution in [1.29, 1.82) is 0 Å². The molecule has 0 fully saturated rings. The van der Waals surface area contributed by atoms with E-state index in [2.05, 4.69) is 35.6 Å². The molecule has 33 heavy (non-hydrogen) atoms. The molecule has 0 radical (unpaired) electrons. The molecule has 1 amide bonds. The highest BCUT2D eigenvalue weighted by atomic mass is 19.4. The first-order valence-electron chi connectivity index (χ1n) is 9.50. The van der Waals surface area contributed by atoms with E-state index in [1.807, 2.05) is 0 Å². The summed E-state index contributed by atoms with van der Waals surface area (Å²) in [4.78, 5) is 32.2. The van der Waals surface area contributed by atoms with E-state index in [1.165, 1.54) is 25.4 Å². The second kappa shape index (κ2) is 8.73. The number of carbonyl (C=O) groups is 1. The molecule has 0 aliphatic heterocycles. The highest BCUT2D eigenvalue weighted by Crippen LogP contribution is 2.30. The average Bonchev–Trinajstić information content (AvgIpc) is 2.82. The Hall–Kier alpha value is -4.22. The number of alkyl halides is 4. The lowest BCUT2D eigenvalue weighted by atomic mass is 10.1. The van der Waals surface area contributed by atoms with Crippen molar-refractivity contribution in [2.75, 3.05) is 12.4 Å². The van der Waals surface area contributed by atoms with Gasteiger partial charge in [0.05, 0.1) is 22.6 Å². The number of carbonyl (C=O) groups excluding carboxylic acids is 1. The number of amides is 1. The summed E-state index contributed by atoms with van der Waals surface area (Å²) in [6.07, 6.45) is -1.74. The zero-order valence-corrected chi connectivity index (χ0v) is 17.0. The number of fused-ring (bicyclic) bond motifs is 1. The Bertz CT molecular complexity index is 1330. The van der Waals surface area contributed by atoms with Gasteiger partial charge in [-0.15, -0.1) is 0 Å². The zero-order valence-electron chi connectivity index (χ0n) is 17.0. The molecule has 168 valence electrons. The summed E-state index contributed by atoms with van der Waals surface area (Å²) in [5.41, 5.74) is 0.617. The van der Waals surface area contributed by atoms with E-state index < -0.39 is 24.3 Å². The van der Waals surface area contributed by atoms with Crippen molar-refractivity contribution >= 4 is 28.6 Å². The number of nitrogens with one attached hydrogen (secondary N) is 2. The molecule has 0 aliphatic rings. The van der Waals surface area contributed by atoms with Crippen LogP contribution in [0.1, 0.15) is 21.6 Å². The van der Waals surface area contributed by atoms with Crippen molar-refractivity contribution in [2.45, 2.75) is 12.9 Å². The van der Waals surface area contributed by atoms with Gasteiger partial charge in [0.15, 0.2) is 5.65 Å². The summed E-state index contributed by atoms with van der Waals surface area (Å²) in [6, 6.07) is 7.70. The van der Waals surface area contributed by atoms with Crippen LogP contribution in [0.15, 0.2) is 48.9 Å². The highest BCUT2D eigenvalue weighted by Gasteiger charge is 2.31. The van der Waals surface area contributed by atoms with Gasteiger partial charge in [0, 0.05) is 36.6 Å². The molecule has 0 bridgehead atoms. The molecule has 0 aliphatic carbocycles. The number of anilines is 2. The number of nitrogens with zero attached hydrogens (tertiary/aromatic N) is 5. The molecule has 0 spiro atoms. The van der Waals surface area contributed by atoms with Gasteiger partial charge >= 0.3 is 6.18 Å². The van der Waals surface area contributed by atoms with Crippen LogP contribution in [0.4, 0.5) is 29.2 Å². The van der Waals surface area contributed by atoms with Gasteiger partial charge in [0.25, 0.3) is 5.91 Å². The predicted octanol–water partition coefficient (Wildman–Crippen LogP) is 4.07. The second-order valence-electron chi connectivity index (χ2n) is 6.76. The number of hydrogen-bond donors (Lipinski definition) is 2. The van der Waals surface area contributed by atoms with E-state index in [0.717, 1.165) is 0 Å². The first kappa shape index (κ1) is 22.0. The molecule has 0 aromatic carbocycles. The van der Waals surface area contributed by atoms with Gasteiger partial charge in [-0.3, -0.25) is 4.79 Å². The SMILES string of the molecule is CNC(=O)c1ccc(CF)c(-c2ccc3c(Nc4ncc(C(F)(F)F)cn4)ccnc3n2)n1. The maximum Gasteiger partial charge on any atom is 0.419 e. The van der Waals surface area contributed by atoms with Crippen LogP contribution in [0.2, 0.25) is 0 Å². The van der Waals surface area contributed by atoms with Gasteiger partial charge in [0.1, 0.15) is 12.4 Å². The van der Waals surface area contributed by atoms with Crippen molar-refractivity contribution in [3.8, 4) is 11.4 Å². The summed E-state index contributed by atoms with van der Waals surface area (Å²) in [5, 5.41) is 5.82. The summed E-state index contributed by atoms with van der Waals surface area (Å²) < 4.78 is 51.7. The van der Waals surface area contributed by atoms with Gasteiger partial charge in [-0.25, -0.2) is 29.3 Å². The topological polar surface area (TPSA) is 106 Å². The van der Waals surface area contributed by atoms with Crippen molar-refractivity contribution in [3.63, 3.8) is 0 Å². The number of halogens is 4. The summed E-state index contributed by atoms with van der Waals surface area (Å²) in [5.74, 6) is -0.470. The molecule has 12 heteroatoms. The van der Waals surface area contributed by atoms with Crippen LogP contribution in [0, 0.1) is 0 Å². The lowest BCUT2D eigenvalue weighted by Gasteiger charge is -2.11. The van der Waals surface area contributed by atoms with E-state index in [1.54, 1.807) is 18.2 Å². The highest BCUT2D eigenvalue weighted by molar-refractivity contribution is 5.93. The third kappa shape index (κ3) is 4.54. The normalized spacial score (nSPS) is 11.4. The fourth-order valence-corrected chi connectivity index (χ4v) is 3.00. The third-order valence-corrected chi connectivity index (χ3v) is 4.65. The molecule has 0 atom stereocenters. The van der Waals surface area contributed by atoms with E-state index in [9.17, 15) is 22.4 Å². The van der Waals surface area contributed by atoms with Crippen LogP contribution in [0.3, 0.4) is 0 Å². The summed E-state index contributed by atoms with van der Waals surface area (Å²) in [6.45, 7) is -0.809. The molecule has 2 N–H and O–H groups in total. The fourth-order valence-electron chi connectivity index (χ4n) is 3.00. The monoisotopic (exact) mass is 457 g/mol. The Kier molecular flexibility index (Phi) is 5.82. The quantitative estimate of drug-likeness (QED) is 0.435. The van der Waals surface area contributed by atoms with Crippen LogP contribution < -0.4 is 10.6 Å².